The molecule has 0 radical (unpaired) electrons. The number of carbonyl (C=O) groups excluding carboxylic acids is 1. The number of ether oxygens (including phenoxy) is 1. The van der Waals surface area contributed by atoms with Gasteiger partial charge in [0, 0.05) is 44.1 Å². The van der Waals surface area contributed by atoms with Gasteiger partial charge in [-0.1, -0.05) is 6.07 Å². The molecule has 3 fully saturated rings. The van der Waals surface area contributed by atoms with Crippen molar-refractivity contribution in [2.24, 2.45) is 11.8 Å². The maximum absolute atomic E-state index is 12.8. The van der Waals surface area contributed by atoms with E-state index in [2.05, 4.69) is 21.2 Å². The Morgan fingerprint density at radius 2 is 1.97 bits per heavy atom. The maximum Gasteiger partial charge on any atom is 0.490 e. The summed E-state index contributed by atoms with van der Waals surface area (Å²) in [7, 11) is 1.83. The van der Waals surface area contributed by atoms with Crippen LogP contribution in [0.4, 0.5) is 13.2 Å². The Morgan fingerprint density at radius 1 is 1.27 bits per heavy atom. The molecule has 2 aliphatic heterocycles. The molecular formula is C20H27F3N2O4S. The zero-order valence-corrected chi connectivity index (χ0v) is 17.6. The van der Waals surface area contributed by atoms with Gasteiger partial charge in [-0.2, -0.15) is 13.2 Å². The normalized spacial score (nSPS) is 26.7. The molecule has 0 aromatic carbocycles. The standard InChI is InChI=1S/C18H26N2O2S.C2HF3O2/c1-22-17-6-7-20(18(21)9-14-3-2-8-23-14)16-12-19(11-15(16)17)10-13-4-5-13;3-2(4,5)1(6)7/h2-3,8,13,15-17H,4-7,9-12H2,1H3;(H,6,7)/t15-,16+,17-;/m0./s1. The second-order valence-corrected chi connectivity index (χ2v) is 9.13. The molecule has 0 unspecified atom stereocenters. The number of thiophene rings is 1. The van der Waals surface area contributed by atoms with Gasteiger partial charge >= 0.3 is 12.1 Å². The summed E-state index contributed by atoms with van der Waals surface area (Å²) in [5.41, 5.74) is 0. The summed E-state index contributed by atoms with van der Waals surface area (Å²) in [5.74, 6) is -1.07. The van der Waals surface area contributed by atoms with Crippen LogP contribution >= 0.6 is 11.3 Å². The Hall–Kier alpha value is -1.65. The van der Waals surface area contributed by atoms with E-state index in [-0.39, 0.29) is 0 Å². The molecule has 1 aliphatic carbocycles. The number of carboxylic acid groups (broad SMARTS) is 1. The van der Waals surface area contributed by atoms with Crippen molar-refractivity contribution in [3.05, 3.63) is 22.4 Å². The minimum atomic E-state index is -5.08. The predicted molar refractivity (Wildman–Crippen MR) is 105 cm³/mol. The highest BCUT2D eigenvalue weighted by Gasteiger charge is 2.46. The van der Waals surface area contributed by atoms with Gasteiger partial charge in [-0.3, -0.25) is 4.79 Å². The molecule has 0 bridgehead atoms. The molecule has 30 heavy (non-hydrogen) atoms. The summed E-state index contributed by atoms with van der Waals surface area (Å²) < 4.78 is 37.5. The van der Waals surface area contributed by atoms with Gasteiger partial charge in [-0.15, -0.1) is 11.3 Å². The van der Waals surface area contributed by atoms with E-state index in [1.807, 2.05) is 13.2 Å². The highest BCUT2D eigenvalue weighted by atomic mass is 32.1. The molecular weight excluding hydrogens is 421 g/mol. The van der Waals surface area contributed by atoms with Crippen molar-refractivity contribution in [1.82, 2.24) is 9.80 Å². The molecule has 1 saturated carbocycles. The Morgan fingerprint density at radius 3 is 2.50 bits per heavy atom. The van der Waals surface area contributed by atoms with E-state index in [0.717, 1.165) is 32.0 Å². The van der Waals surface area contributed by atoms with Gasteiger partial charge in [-0.05, 0) is 36.6 Å². The predicted octanol–water partition coefficient (Wildman–Crippen LogP) is 2.88. The second-order valence-electron chi connectivity index (χ2n) is 8.10. The van der Waals surface area contributed by atoms with E-state index in [9.17, 15) is 18.0 Å². The molecule has 1 aromatic heterocycles. The fourth-order valence-corrected chi connectivity index (χ4v) is 5.01. The first-order valence-corrected chi connectivity index (χ1v) is 10.9. The Kier molecular flexibility index (Phi) is 7.41. The van der Waals surface area contributed by atoms with E-state index >= 15 is 0 Å². The maximum atomic E-state index is 12.8. The topological polar surface area (TPSA) is 70.1 Å². The lowest BCUT2D eigenvalue weighted by molar-refractivity contribution is -0.192. The minimum absolute atomic E-state index is 0.297. The molecule has 1 N–H and O–H groups in total. The van der Waals surface area contributed by atoms with Gasteiger partial charge in [0.1, 0.15) is 0 Å². The summed E-state index contributed by atoms with van der Waals surface area (Å²) in [5, 5.41) is 9.18. The Balaban J connectivity index is 0.000000318. The number of nitrogens with zero attached hydrogens (tertiary/aromatic N) is 2. The Labute approximate surface area is 177 Å². The number of halogens is 3. The number of alkyl halides is 3. The van der Waals surface area contributed by atoms with Crippen LogP contribution < -0.4 is 0 Å². The van der Waals surface area contributed by atoms with Crippen molar-refractivity contribution < 1.29 is 32.6 Å². The molecule has 10 heteroatoms. The van der Waals surface area contributed by atoms with Crippen molar-refractivity contribution >= 4 is 23.2 Å². The van der Waals surface area contributed by atoms with E-state index in [4.69, 9.17) is 14.6 Å². The molecule has 0 spiro atoms. The van der Waals surface area contributed by atoms with Crippen LogP contribution in [0.15, 0.2) is 17.5 Å². The molecule has 1 amide bonds. The zero-order chi connectivity index (χ0) is 21.9. The number of likely N-dealkylation sites (tertiary alicyclic amines) is 2. The summed E-state index contributed by atoms with van der Waals surface area (Å²) in [6.45, 7) is 4.21. The number of carboxylic acids is 1. The lowest BCUT2D eigenvalue weighted by atomic mass is 9.88. The van der Waals surface area contributed by atoms with Gasteiger partial charge in [-0.25, -0.2) is 4.79 Å². The molecule has 2 saturated heterocycles. The van der Waals surface area contributed by atoms with Crippen LogP contribution in [0.25, 0.3) is 0 Å². The molecule has 1 aromatic rings. The van der Waals surface area contributed by atoms with Gasteiger partial charge in [0.2, 0.25) is 5.91 Å². The van der Waals surface area contributed by atoms with Crippen molar-refractivity contribution in [2.45, 2.75) is 44.0 Å². The van der Waals surface area contributed by atoms with E-state index in [0.29, 0.717) is 30.4 Å². The number of methoxy groups -OCH3 is 1. The van der Waals surface area contributed by atoms with Crippen LogP contribution in [-0.4, -0.2) is 78.4 Å². The van der Waals surface area contributed by atoms with Crippen LogP contribution in [0.5, 0.6) is 0 Å². The Bertz CT molecular complexity index is 724. The number of carbonyl (C=O) groups is 2. The first-order valence-electron chi connectivity index (χ1n) is 10.1. The molecule has 168 valence electrons. The van der Waals surface area contributed by atoms with Gasteiger partial charge < -0.3 is 19.6 Å². The number of rotatable bonds is 5. The first-order chi connectivity index (χ1) is 14.2. The highest BCUT2D eigenvalue weighted by Crippen LogP contribution is 2.36. The van der Waals surface area contributed by atoms with E-state index in [1.54, 1.807) is 11.3 Å². The van der Waals surface area contributed by atoms with Gasteiger partial charge in [0.05, 0.1) is 18.6 Å². The van der Waals surface area contributed by atoms with Crippen LogP contribution in [0.2, 0.25) is 0 Å². The van der Waals surface area contributed by atoms with Crippen molar-refractivity contribution in [3.8, 4) is 0 Å². The summed E-state index contributed by atoms with van der Waals surface area (Å²) in [6.07, 6.45) is -0.456. The lowest BCUT2D eigenvalue weighted by Gasteiger charge is -2.41. The summed E-state index contributed by atoms with van der Waals surface area (Å²) >= 11 is 1.68. The molecule has 3 atom stereocenters. The molecule has 3 heterocycles. The highest BCUT2D eigenvalue weighted by molar-refractivity contribution is 7.10. The fraction of sp³-hybridized carbons (Fsp3) is 0.700. The third kappa shape index (κ3) is 5.95. The molecule has 3 aliphatic rings. The van der Waals surface area contributed by atoms with E-state index in [1.165, 1.54) is 24.3 Å². The van der Waals surface area contributed by atoms with Crippen molar-refractivity contribution in [3.63, 3.8) is 0 Å². The van der Waals surface area contributed by atoms with Crippen LogP contribution in [0.1, 0.15) is 24.1 Å². The monoisotopic (exact) mass is 448 g/mol. The van der Waals surface area contributed by atoms with E-state index < -0.39 is 12.1 Å². The lowest BCUT2D eigenvalue weighted by Crippen LogP contribution is -2.54. The summed E-state index contributed by atoms with van der Waals surface area (Å²) in [4.78, 5) is 27.6. The third-order valence-corrected chi connectivity index (χ3v) is 6.80. The fourth-order valence-electron chi connectivity index (χ4n) is 4.32. The number of hydrogen-bond donors (Lipinski definition) is 1. The van der Waals surface area contributed by atoms with Gasteiger partial charge in [0.15, 0.2) is 0 Å². The quantitative estimate of drug-likeness (QED) is 0.750. The van der Waals surface area contributed by atoms with Crippen LogP contribution in [0, 0.1) is 11.8 Å². The zero-order valence-electron chi connectivity index (χ0n) is 16.8. The number of piperidine rings is 1. The van der Waals surface area contributed by atoms with Crippen molar-refractivity contribution in [1.29, 1.82) is 0 Å². The first kappa shape index (κ1) is 23.0. The average molecular weight is 449 g/mol. The largest absolute Gasteiger partial charge is 0.490 e. The molecule has 6 nitrogen and oxygen atoms in total. The van der Waals surface area contributed by atoms with Crippen LogP contribution in [-0.2, 0) is 20.7 Å². The number of aliphatic carboxylic acids is 1. The second kappa shape index (κ2) is 9.65. The SMILES string of the molecule is CO[C@H]1CCN(C(=O)Cc2cccs2)[C@@H]2CN(CC3CC3)C[C@H]12.O=C(O)C(F)(F)F. The summed E-state index contributed by atoms with van der Waals surface area (Å²) in [6, 6.07) is 4.44. The number of fused-ring (bicyclic) bond motifs is 1. The van der Waals surface area contributed by atoms with Gasteiger partial charge in [0.25, 0.3) is 0 Å². The third-order valence-electron chi connectivity index (χ3n) is 5.93. The van der Waals surface area contributed by atoms with Crippen LogP contribution in [0.3, 0.4) is 0 Å². The minimum Gasteiger partial charge on any atom is -0.475 e. The molecule has 4 rings (SSSR count). The average Bonchev–Trinajstić information content (AvgIpc) is 3.15. The van der Waals surface area contributed by atoms with Crippen molar-refractivity contribution in [2.75, 3.05) is 33.3 Å². The number of hydrogen-bond acceptors (Lipinski definition) is 5. The number of amides is 1. The smallest absolute Gasteiger partial charge is 0.475 e.